The monoisotopic (exact) mass is 515 g/mol. The lowest BCUT2D eigenvalue weighted by atomic mass is 10.0. The quantitative estimate of drug-likeness (QED) is 0.260. The Labute approximate surface area is 188 Å². The van der Waals surface area contributed by atoms with Crippen molar-refractivity contribution in [1.29, 1.82) is 0 Å². The van der Waals surface area contributed by atoms with Gasteiger partial charge in [-0.25, -0.2) is 9.02 Å². The van der Waals surface area contributed by atoms with E-state index in [9.17, 15) is 14.4 Å². The number of ketones is 1. The van der Waals surface area contributed by atoms with E-state index in [1.165, 1.54) is 18.2 Å². The molecular weight excluding hydrogens is 504 g/mol. The number of hydrogen-bond donors (Lipinski definition) is 1. The molecule has 11 heteroatoms. The van der Waals surface area contributed by atoms with E-state index in [2.05, 4.69) is 31.4 Å². The van der Waals surface area contributed by atoms with E-state index in [4.69, 9.17) is 32.6 Å². The number of rotatable bonds is 8. The predicted octanol–water partition coefficient (Wildman–Crippen LogP) is 4.89. The molecule has 3 aromatic rings. The maximum Gasteiger partial charge on any atom is 0.176 e. The molecule has 2 aromatic carbocycles. The summed E-state index contributed by atoms with van der Waals surface area (Å²) in [5, 5.41) is 20.8. The van der Waals surface area contributed by atoms with Gasteiger partial charge in [0, 0.05) is 12.5 Å². The van der Waals surface area contributed by atoms with Gasteiger partial charge in [-0.05, 0) is 50.9 Å². The highest BCUT2D eigenvalue weighted by Gasteiger charge is 2.20. The average molecular weight is 517 g/mol. The maximum atomic E-state index is 13.4. The highest BCUT2D eigenvalue weighted by atomic mass is 79.9. The Morgan fingerprint density at radius 1 is 1.17 bits per heavy atom. The number of nitrogens with zero attached hydrogens (tertiary/aromatic N) is 3. The molecule has 0 unspecified atom stereocenters. The van der Waals surface area contributed by atoms with Crippen molar-refractivity contribution >= 4 is 50.6 Å². The van der Waals surface area contributed by atoms with Gasteiger partial charge in [0.1, 0.15) is 29.6 Å². The van der Waals surface area contributed by atoms with Crippen LogP contribution in [0, 0.1) is 5.82 Å². The van der Waals surface area contributed by atoms with Crippen molar-refractivity contribution in [3.63, 3.8) is 0 Å². The van der Waals surface area contributed by atoms with Gasteiger partial charge in [0.05, 0.1) is 20.9 Å². The van der Waals surface area contributed by atoms with Crippen LogP contribution in [0.15, 0.2) is 50.7 Å². The lowest BCUT2D eigenvalue weighted by molar-refractivity contribution is -0.120. The Balaban J connectivity index is 1.66. The average Bonchev–Trinajstić information content (AvgIpc) is 3.17. The molecular formula is C19H13BrCl2FN3O4. The first kappa shape index (κ1) is 22.2. The molecule has 0 bridgehead atoms. The van der Waals surface area contributed by atoms with E-state index in [0.29, 0.717) is 21.4 Å². The fraction of sp³-hybridized carbons (Fsp3) is 0.158. The minimum atomic E-state index is -0.419. The van der Waals surface area contributed by atoms with Gasteiger partial charge in [0.15, 0.2) is 11.5 Å². The van der Waals surface area contributed by atoms with E-state index >= 15 is 0 Å². The largest absolute Gasteiger partial charge is 0.486 e. The lowest BCUT2D eigenvalue weighted by Crippen LogP contribution is -2.17. The molecule has 0 atom stereocenters. The zero-order valence-corrected chi connectivity index (χ0v) is 18.2. The normalized spacial score (nSPS) is 11.5. The molecule has 0 saturated carbocycles. The highest BCUT2D eigenvalue weighted by Crippen LogP contribution is 2.26. The van der Waals surface area contributed by atoms with E-state index in [1.54, 1.807) is 18.2 Å². The maximum absolute atomic E-state index is 13.4. The van der Waals surface area contributed by atoms with Crippen LogP contribution in [-0.4, -0.2) is 33.6 Å². The van der Waals surface area contributed by atoms with Crippen molar-refractivity contribution in [3.8, 4) is 5.75 Å². The fourth-order valence-electron chi connectivity index (χ4n) is 2.52. The van der Waals surface area contributed by atoms with Crippen LogP contribution in [0.4, 0.5) is 4.39 Å². The summed E-state index contributed by atoms with van der Waals surface area (Å²) in [6.45, 7) is -0.249. The summed E-state index contributed by atoms with van der Waals surface area (Å²) in [6, 6.07) is 9.00. The zero-order chi connectivity index (χ0) is 21.7. The van der Waals surface area contributed by atoms with E-state index < -0.39 is 5.82 Å². The molecule has 0 aliphatic carbocycles. The van der Waals surface area contributed by atoms with Gasteiger partial charge < -0.3 is 9.94 Å². The number of Topliss-reactive ketones (excluding diaryl/α,β-unsaturated/α-hetero) is 1. The van der Waals surface area contributed by atoms with Crippen molar-refractivity contribution in [2.24, 2.45) is 5.16 Å². The number of hydrogen-bond acceptors (Lipinski definition) is 7. The SMILES string of the molecule is O=C(COc1ccc(Cl)c(Cl)c1)Cc1nonc1/C(Cc1ccc(F)c(Br)c1)=N/O. The molecule has 0 aliphatic heterocycles. The van der Waals surface area contributed by atoms with Crippen LogP contribution in [-0.2, 0) is 17.6 Å². The Kier molecular flexibility index (Phi) is 7.41. The number of aromatic nitrogens is 2. The first-order valence-electron chi connectivity index (χ1n) is 8.43. The lowest BCUT2D eigenvalue weighted by Gasteiger charge is -2.07. The van der Waals surface area contributed by atoms with Crippen LogP contribution in [0.3, 0.4) is 0 Å². The first-order chi connectivity index (χ1) is 14.4. The molecule has 3 rings (SSSR count). The summed E-state index contributed by atoms with van der Waals surface area (Å²) in [4.78, 5) is 12.3. The molecule has 156 valence electrons. The van der Waals surface area contributed by atoms with Crippen molar-refractivity contribution < 1.29 is 23.8 Å². The predicted molar refractivity (Wildman–Crippen MR) is 111 cm³/mol. The van der Waals surface area contributed by atoms with Crippen molar-refractivity contribution in [2.75, 3.05) is 6.61 Å². The van der Waals surface area contributed by atoms with Crippen LogP contribution in [0.1, 0.15) is 17.0 Å². The van der Waals surface area contributed by atoms with E-state index in [1.807, 2.05) is 0 Å². The zero-order valence-electron chi connectivity index (χ0n) is 15.1. The van der Waals surface area contributed by atoms with Crippen LogP contribution < -0.4 is 4.74 Å². The van der Waals surface area contributed by atoms with Gasteiger partial charge in [0.2, 0.25) is 0 Å². The molecule has 1 heterocycles. The molecule has 0 amide bonds. The van der Waals surface area contributed by atoms with Gasteiger partial charge in [-0.15, -0.1) is 0 Å². The molecule has 30 heavy (non-hydrogen) atoms. The fourth-order valence-corrected chi connectivity index (χ4v) is 3.23. The summed E-state index contributed by atoms with van der Waals surface area (Å²) in [5.41, 5.74) is 1.08. The van der Waals surface area contributed by atoms with Gasteiger partial charge in [-0.1, -0.05) is 39.6 Å². The van der Waals surface area contributed by atoms with Gasteiger partial charge >= 0.3 is 0 Å². The third-order valence-electron chi connectivity index (χ3n) is 3.96. The number of ether oxygens (including phenoxy) is 1. The minimum Gasteiger partial charge on any atom is -0.486 e. The van der Waals surface area contributed by atoms with Crippen molar-refractivity contribution in [3.05, 3.63) is 73.7 Å². The summed E-state index contributed by atoms with van der Waals surface area (Å²) in [5.74, 6) is -0.354. The van der Waals surface area contributed by atoms with Crippen LogP contribution in [0.5, 0.6) is 5.75 Å². The summed E-state index contributed by atoms with van der Waals surface area (Å²) >= 11 is 14.9. The third-order valence-corrected chi connectivity index (χ3v) is 5.31. The molecule has 7 nitrogen and oxygen atoms in total. The van der Waals surface area contributed by atoms with Gasteiger partial charge in [-0.2, -0.15) is 0 Å². The van der Waals surface area contributed by atoms with E-state index in [-0.39, 0.29) is 46.8 Å². The summed E-state index contributed by atoms with van der Waals surface area (Å²) in [6.07, 6.45) is -0.0448. The molecule has 0 aliphatic rings. The number of halogens is 4. The van der Waals surface area contributed by atoms with Crippen LogP contribution in [0.2, 0.25) is 10.0 Å². The van der Waals surface area contributed by atoms with Crippen molar-refractivity contribution in [2.45, 2.75) is 12.8 Å². The minimum absolute atomic E-state index is 0.114. The molecule has 0 spiro atoms. The van der Waals surface area contributed by atoms with Gasteiger partial charge in [-0.3, -0.25) is 4.79 Å². The molecule has 1 N–H and O–H groups in total. The number of benzene rings is 2. The Bertz CT molecular complexity index is 1110. The molecule has 1 aromatic heterocycles. The standard InChI is InChI=1S/C19H13BrCl2FN3O4/c20-13-5-10(1-4-16(13)23)6-17(24-28)19-18(25-30-26-19)7-11(27)9-29-12-2-3-14(21)15(22)8-12/h1-5,8,28H,6-7,9H2/b24-17+. The Morgan fingerprint density at radius 2 is 1.97 bits per heavy atom. The second-order valence-electron chi connectivity index (χ2n) is 6.11. The summed E-state index contributed by atoms with van der Waals surface area (Å²) in [7, 11) is 0. The highest BCUT2D eigenvalue weighted by molar-refractivity contribution is 9.10. The first-order valence-corrected chi connectivity index (χ1v) is 9.98. The smallest absolute Gasteiger partial charge is 0.176 e. The Morgan fingerprint density at radius 3 is 2.67 bits per heavy atom. The van der Waals surface area contributed by atoms with Crippen molar-refractivity contribution in [1.82, 2.24) is 10.3 Å². The molecule has 0 radical (unpaired) electrons. The number of carbonyl (C=O) groups excluding carboxylic acids is 1. The van der Waals surface area contributed by atoms with Gasteiger partial charge in [0.25, 0.3) is 0 Å². The second-order valence-corrected chi connectivity index (χ2v) is 7.78. The summed E-state index contributed by atoms with van der Waals surface area (Å²) < 4.78 is 23.8. The van der Waals surface area contributed by atoms with E-state index in [0.717, 1.165) is 0 Å². The topological polar surface area (TPSA) is 97.8 Å². The third kappa shape index (κ3) is 5.56. The van der Waals surface area contributed by atoms with Crippen LogP contribution >= 0.6 is 39.1 Å². The molecule has 0 saturated heterocycles. The Hall–Kier alpha value is -2.49. The molecule has 0 fully saturated rings. The number of carbonyl (C=O) groups is 1. The van der Waals surface area contributed by atoms with Crippen LogP contribution in [0.25, 0.3) is 0 Å². The number of oxime groups is 1. The second kappa shape index (κ2) is 10.0.